The molecule has 1 atom stereocenters. The first-order valence-corrected chi connectivity index (χ1v) is 5.88. The fourth-order valence-corrected chi connectivity index (χ4v) is 1.96. The Morgan fingerprint density at radius 1 is 1.27 bits per heavy atom. The molecular formula is C12H14BrNO. The van der Waals surface area contributed by atoms with E-state index in [1.807, 2.05) is 30.5 Å². The SMILES string of the molecule is NC(C1=COCCC1)c1ccc(Br)cc1. The van der Waals surface area contributed by atoms with Crippen LogP contribution in [-0.4, -0.2) is 6.61 Å². The fourth-order valence-electron chi connectivity index (χ4n) is 1.70. The number of halogens is 1. The van der Waals surface area contributed by atoms with Gasteiger partial charge in [-0.15, -0.1) is 0 Å². The lowest BCUT2D eigenvalue weighted by Gasteiger charge is -2.20. The Morgan fingerprint density at radius 3 is 2.60 bits per heavy atom. The lowest BCUT2D eigenvalue weighted by molar-refractivity contribution is 0.221. The zero-order valence-electron chi connectivity index (χ0n) is 8.45. The Hall–Kier alpha value is -0.800. The molecule has 0 aliphatic carbocycles. The average molecular weight is 268 g/mol. The van der Waals surface area contributed by atoms with Crippen LogP contribution in [0.25, 0.3) is 0 Å². The molecule has 0 aromatic heterocycles. The molecule has 2 nitrogen and oxygen atoms in total. The second kappa shape index (κ2) is 4.81. The summed E-state index contributed by atoms with van der Waals surface area (Å²) >= 11 is 3.41. The maximum atomic E-state index is 6.16. The zero-order chi connectivity index (χ0) is 10.7. The van der Waals surface area contributed by atoms with Crippen molar-refractivity contribution >= 4 is 15.9 Å². The zero-order valence-corrected chi connectivity index (χ0v) is 10.0. The Morgan fingerprint density at radius 2 is 2.00 bits per heavy atom. The van der Waals surface area contributed by atoms with Gasteiger partial charge in [0.2, 0.25) is 0 Å². The van der Waals surface area contributed by atoms with Gasteiger partial charge in [-0.3, -0.25) is 0 Å². The van der Waals surface area contributed by atoms with E-state index in [2.05, 4.69) is 15.9 Å². The van der Waals surface area contributed by atoms with Crippen molar-refractivity contribution in [2.75, 3.05) is 6.61 Å². The second-order valence-corrected chi connectivity index (χ2v) is 4.61. The third-order valence-electron chi connectivity index (χ3n) is 2.59. The Labute approximate surface area is 98.2 Å². The highest BCUT2D eigenvalue weighted by Crippen LogP contribution is 2.26. The molecule has 1 aromatic carbocycles. The first-order valence-electron chi connectivity index (χ1n) is 5.09. The van der Waals surface area contributed by atoms with Gasteiger partial charge in [0, 0.05) is 4.47 Å². The van der Waals surface area contributed by atoms with Crippen LogP contribution in [-0.2, 0) is 4.74 Å². The molecule has 0 saturated heterocycles. The number of nitrogens with two attached hydrogens (primary N) is 1. The lowest BCUT2D eigenvalue weighted by atomic mass is 9.96. The molecule has 15 heavy (non-hydrogen) atoms. The normalized spacial score (nSPS) is 17.9. The molecule has 0 saturated carbocycles. The van der Waals surface area contributed by atoms with Gasteiger partial charge in [-0.2, -0.15) is 0 Å². The monoisotopic (exact) mass is 267 g/mol. The minimum atomic E-state index is -0.0293. The molecule has 0 amide bonds. The van der Waals surface area contributed by atoms with Crippen LogP contribution in [0.5, 0.6) is 0 Å². The van der Waals surface area contributed by atoms with E-state index in [9.17, 15) is 0 Å². The van der Waals surface area contributed by atoms with E-state index in [4.69, 9.17) is 10.5 Å². The highest BCUT2D eigenvalue weighted by Gasteiger charge is 2.14. The van der Waals surface area contributed by atoms with Crippen LogP contribution in [0, 0.1) is 0 Å². The minimum Gasteiger partial charge on any atom is -0.501 e. The van der Waals surface area contributed by atoms with Gasteiger partial charge < -0.3 is 10.5 Å². The van der Waals surface area contributed by atoms with Crippen LogP contribution in [0.2, 0.25) is 0 Å². The molecule has 1 unspecified atom stereocenters. The molecule has 1 aromatic rings. The molecule has 2 rings (SSSR count). The lowest BCUT2D eigenvalue weighted by Crippen LogP contribution is -2.16. The largest absolute Gasteiger partial charge is 0.501 e. The van der Waals surface area contributed by atoms with Gasteiger partial charge in [0.15, 0.2) is 0 Å². The summed E-state index contributed by atoms with van der Waals surface area (Å²) in [5, 5.41) is 0. The number of rotatable bonds is 2. The Bertz CT molecular complexity index is 358. The van der Waals surface area contributed by atoms with Crippen molar-refractivity contribution in [2.45, 2.75) is 18.9 Å². The van der Waals surface area contributed by atoms with Crippen LogP contribution < -0.4 is 5.73 Å². The van der Waals surface area contributed by atoms with Crippen LogP contribution in [0.4, 0.5) is 0 Å². The van der Waals surface area contributed by atoms with Gasteiger partial charge in [-0.05, 0) is 36.1 Å². The molecule has 2 N–H and O–H groups in total. The van der Waals surface area contributed by atoms with Crippen LogP contribution >= 0.6 is 15.9 Å². The summed E-state index contributed by atoms with van der Waals surface area (Å²) in [5.41, 5.74) is 8.47. The molecule has 0 fully saturated rings. The third kappa shape index (κ3) is 2.61. The molecular weight excluding hydrogens is 254 g/mol. The van der Waals surface area contributed by atoms with Crippen LogP contribution in [0.1, 0.15) is 24.4 Å². The standard InChI is InChI=1S/C12H14BrNO/c13-11-5-3-9(4-6-11)12(14)10-2-1-7-15-8-10/h3-6,8,12H,1-2,7,14H2. The van der Waals surface area contributed by atoms with Gasteiger partial charge in [0.25, 0.3) is 0 Å². The van der Waals surface area contributed by atoms with Crippen molar-refractivity contribution in [3.63, 3.8) is 0 Å². The van der Waals surface area contributed by atoms with Crippen molar-refractivity contribution in [2.24, 2.45) is 5.73 Å². The van der Waals surface area contributed by atoms with Crippen molar-refractivity contribution in [1.82, 2.24) is 0 Å². The topological polar surface area (TPSA) is 35.2 Å². The summed E-state index contributed by atoms with van der Waals surface area (Å²) in [6.45, 7) is 0.816. The molecule has 0 spiro atoms. The molecule has 0 radical (unpaired) electrons. The quantitative estimate of drug-likeness (QED) is 0.894. The summed E-state index contributed by atoms with van der Waals surface area (Å²) < 4.78 is 6.37. The first kappa shape index (κ1) is 10.7. The second-order valence-electron chi connectivity index (χ2n) is 3.70. The average Bonchev–Trinajstić information content (AvgIpc) is 2.30. The van der Waals surface area contributed by atoms with Gasteiger partial charge in [0.05, 0.1) is 18.9 Å². The first-order chi connectivity index (χ1) is 7.27. The Balaban J connectivity index is 2.16. The highest BCUT2D eigenvalue weighted by molar-refractivity contribution is 9.10. The van der Waals surface area contributed by atoms with E-state index in [-0.39, 0.29) is 6.04 Å². The van der Waals surface area contributed by atoms with Gasteiger partial charge >= 0.3 is 0 Å². The maximum absolute atomic E-state index is 6.16. The summed E-state index contributed by atoms with van der Waals surface area (Å²) in [4.78, 5) is 0. The third-order valence-corrected chi connectivity index (χ3v) is 3.12. The molecule has 1 aliphatic rings. The molecule has 1 aliphatic heterocycles. The molecule has 0 bridgehead atoms. The van der Waals surface area contributed by atoms with E-state index in [1.165, 1.54) is 5.57 Å². The maximum Gasteiger partial charge on any atom is 0.0876 e. The summed E-state index contributed by atoms with van der Waals surface area (Å²) in [6.07, 6.45) is 3.92. The predicted molar refractivity (Wildman–Crippen MR) is 64.3 cm³/mol. The molecule has 1 heterocycles. The summed E-state index contributed by atoms with van der Waals surface area (Å²) in [7, 11) is 0. The highest BCUT2D eigenvalue weighted by atomic mass is 79.9. The molecule has 80 valence electrons. The van der Waals surface area contributed by atoms with Crippen molar-refractivity contribution in [3.8, 4) is 0 Å². The van der Waals surface area contributed by atoms with Gasteiger partial charge in [-0.25, -0.2) is 0 Å². The van der Waals surface area contributed by atoms with Gasteiger partial charge in [-0.1, -0.05) is 28.1 Å². The minimum absolute atomic E-state index is 0.0293. The van der Waals surface area contributed by atoms with Crippen molar-refractivity contribution < 1.29 is 4.74 Å². The van der Waals surface area contributed by atoms with E-state index >= 15 is 0 Å². The van der Waals surface area contributed by atoms with E-state index < -0.39 is 0 Å². The van der Waals surface area contributed by atoms with Gasteiger partial charge in [0.1, 0.15) is 0 Å². The number of hydrogen-bond acceptors (Lipinski definition) is 2. The van der Waals surface area contributed by atoms with Crippen LogP contribution in [0.15, 0.2) is 40.6 Å². The molecule has 3 heteroatoms. The van der Waals surface area contributed by atoms with Crippen LogP contribution in [0.3, 0.4) is 0 Å². The Kier molecular flexibility index (Phi) is 3.44. The van der Waals surface area contributed by atoms with Crippen molar-refractivity contribution in [1.29, 1.82) is 0 Å². The van der Waals surface area contributed by atoms with E-state index in [0.717, 1.165) is 29.5 Å². The number of benzene rings is 1. The fraction of sp³-hybridized carbons (Fsp3) is 0.333. The predicted octanol–water partition coefficient (Wildman–Crippen LogP) is 3.14. The number of hydrogen-bond donors (Lipinski definition) is 1. The summed E-state index contributed by atoms with van der Waals surface area (Å²) in [5.74, 6) is 0. The van der Waals surface area contributed by atoms with E-state index in [0.29, 0.717) is 0 Å². The van der Waals surface area contributed by atoms with Crippen molar-refractivity contribution in [3.05, 3.63) is 46.1 Å². The number of ether oxygens (including phenoxy) is 1. The summed E-state index contributed by atoms with van der Waals surface area (Å²) in [6, 6.07) is 8.09. The van der Waals surface area contributed by atoms with E-state index in [1.54, 1.807) is 0 Å². The smallest absolute Gasteiger partial charge is 0.0876 e.